The predicted octanol–water partition coefficient (Wildman–Crippen LogP) is 1.74. The van der Waals surface area contributed by atoms with Crippen LogP contribution in [0.1, 0.15) is 72.3 Å². The molecule has 1 saturated carbocycles. The average Bonchev–Trinajstić information content (AvgIpc) is 2.93. The summed E-state index contributed by atoms with van der Waals surface area (Å²) in [7, 11) is -0.402. The van der Waals surface area contributed by atoms with Gasteiger partial charge < -0.3 is 26.0 Å². The van der Waals surface area contributed by atoms with Crippen molar-refractivity contribution < 1.29 is 27.9 Å². The van der Waals surface area contributed by atoms with Crippen LogP contribution in [0.3, 0.4) is 0 Å². The van der Waals surface area contributed by atoms with E-state index in [1.165, 1.54) is 20.3 Å². The van der Waals surface area contributed by atoms with E-state index in [0.29, 0.717) is 18.4 Å². The van der Waals surface area contributed by atoms with Crippen molar-refractivity contribution in [3.05, 3.63) is 35.9 Å². The molecule has 1 aromatic carbocycles. The number of amides is 3. The van der Waals surface area contributed by atoms with Crippen LogP contribution in [0.15, 0.2) is 30.3 Å². The van der Waals surface area contributed by atoms with E-state index < -0.39 is 56.2 Å². The summed E-state index contributed by atoms with van der Waals surface area (Å²) < 4.78 is 24.1. The van der Waals surface area contributed by atoms with Gasteiger partial charge in [0.15, 0.2) is 9.84 Å². The smallest absolute Gasteiger partial charge is 0.244 e. The fourth-order valence-electron chi connectivity index (χ4n) is 6.67. The van der Waals surface area contributed by atoms with Crippen LogP contribution in [0.25, 0.3) is 0 Å². The van der Waals surface area contributed by atoms with Gasteiger partial charge in [-0.25, -0.2) is 8.42 Å². The number of likely N-dealkylation sites (N-methyl/N-ethyl adjacent to an activating group) is 1. The van der Waals surface area contributed by atoms with E-state index >= 15 is 0 Å². The average molecular weight is 664 g/mol. The third-order valence-corrected chi connectivity index (χ3v) is 11.6. The van der Waals surface area contributed by atoms with E-state index in [4.69, 9.17) is 0 Å². The van der Waals surface area contributed by atoms with Gasteiger partial charge in [-0.05, 0) is 85.4 Å². The monoisotopic (exact) mass is 663 g/mol. The van der Waals surface area contributed by atoms with Crippen molar-refractivity contribution in [3.8, 4) is 0 Å². The third-order valence-electron chi connectivity index (χ3n) is 9.49. The molecule has 2 aliphatic rings. The molecule has 12 heteroatoms. The van der Waals surface area contributed by atoms with E-state index in [2.05, 4.69) is 20.9 Å². The highest BCUT2D eigenvalue weighted by atomic mass is 32.2. The largest absolute Gasteiger partial charge is 0.390 e. The fraction of sp³-hybridized carbons (Fsp3) is 0.735. The fourth-order valence-corrected chi connectivity index (χ4v) is 7.27. The summed E-state index contributed by atoms with van der Waals surface area (Å²) in [5, 5.41) is 20.5. The number of nitrogens with zero attached hydrogens (tertiary/aromatic N) is 2. The second kappa shape index (κ2) is 15.6. The highest BCUT2D eigenvalue weighted by Crippen LogP contribution is 2.39. The second-order valence-corrected chi connectivity index (χ2v) is 17.8. The predicted molar refractivity (Wildman–Crippen MR) is 181 cm³/mol. The Labute approximate surface area is 276 Å². The van der Waals surface area contributed by atoms with Crippen molar-refractivity contribution in [3.63, 3.8) is 0 Å². The number of rotatable bonds is 13. The van der Waals surface area contributed by atoms with Crippen molar-refractivity contribution in [2.75, 3.05) is 40.0 Å². The molecule has 3 rings (SSSR count). The molecule has 260 valence electrons. The van der Waals surface area contributed by atoms with E-state index in [-0.39, 0.29) is 25.4 Å². The Morgan fingerprint density at radius 1 is 1.00 bits per heavy atom. The quantitative estimate of drug-likeness (QED) is 0.250. The lowest BCUT2D eigenvalue weighted by Crippen LogP contribution is -2.64. The Morgan fingerprint density at radius 3 is 2.17 bits per heavy atom. The lowest BCUT2D eigenvalue weighted by molar-refractivity contribution is -0.133. The third kappa shape index (κ3) is 10.5. The van der Waals surface area contributed by atoms with Crippen molar-refractivity contribution in [1.82, 2.24) is 25.8 Å². The van der Waals surface area contributed by atoms with Gasteiger partial charge in [0.25, 0.3) is 0 Å². The Bertz CT molecular complexity index is 1300. The zero-order valence-corrected chi connectivity index (χ0v) is 29.8. The summed E-state index contributed by atoms with van der Waals surface area (Å²) in [4.78, 5) is 44.1. The standard InChI is InChI=1S/C34H57N5O6S/c1-33(2,3)37-31(42)27-19-24-16-12-13-17-25(24)20-39(27)21-28(40)26(18-23-14-10-9-11-15-23)35-32(43)30(34(4,5)46(8,44)45)36-29(41)22-38(6)7/h9-11,14-15,24-28,30,40H,12-13,16-22H2,1-8H3,(H,35,43)(H,36,41)(H,37,42)/t24-,25+,26-,27-,28+,30+/m0/s1. The molecule has 0 spiro atoms. The number of hydrogen-bond donors (Lipinski definition) is 4. The van der Waals surface area contributed by atoms with E-state index in [0.717, 1.165) is 37.5 Å². The van der Waals surface area contributed by atoms with Crippen molar-refractivity contribution in [2.24, 2.45) is 11.8 Å². The first-order valence-electron chi connectivity index (χ1n) is 16.5. The molecule has 1 saturated heterocycles. The van der Waals surface area contributed by atoms with Crippen LogP contribution in [-0.2, 0) is 30.6 Å². The van der Waals surface area contributed by atoms with Gasteiger partial charge in [-0.3, -0.25) is 19.3 Å². The highest BCUT2D eigenvalue weighted by Gasteiger charge is 2.46. The van der Waals surface area contributed by atoms with Crippen LogP contribution in [-0.4, -0.2) is 116 Å². The molecule has 46 heavy (non-hydrogen) atoms. The zero-order valence-electron chi connectivity index (χ0n) is 29.0. The summed E-state index contributed by atoms with van der Waals surface area (Å²) >= 11 is 0. The Morgan fingerprint density at radius 2 is 1.61 bits per heavy atom. The molecule has 1 aliphatic heterocycles. The van der Waals surface area contributed by atoms with Gasteiger partial charge in [0.05, 0.1) is 29.5 Å². The number of fused-ring (bicyclic) bond motifs is 1. The number of carbonyl (C=O) groups excluding carboxylic acids is 3. The number of carbonyl (C=O) groups is 3. The van der Waals surface area contributed by atoms with E-state index in [9.17, 15) is 27.9 Å². The van der Waals surface area contributed by atoms with Gasteiger partial charge >= 0.3 is 0 Å². The number of benzene rings is 1. The molecule has 3 amide bonds. The van der Waals surface area contributed by atoms with Crippen LogP contribution in [0, 0.1) is 11.8 Å². The summed E-state index contributed by atoms with van der Waals surface area (Å²) in [6, 6.07) is 6.77. The maximum atomic E-state index is 14.0. The maximum absolute atomic E-state index is 14.0. The summed E-state index contributed by atoms with van der Waals surface area (Å²) in [5.74, 6) is -0.359. The van der Waals surface area contributed by atoms with Gasteiger partial charge in [0.1, 0.15) is 6.04 Å². The first-order chi connectivity index (χ1) is 21.3. The van der Waals surface area contributed by atoms with Crippen molar-refractivity contribution in [1.29, 1.82) is 0 Å². The van der Waals surface area contributed by atoms with Gasteiger partial charge in [0, 0.05) is 24.9 Å². The van der Waals surface area contributed by atoms with Crippen LogP contribution >= 0.6 is 0 Å². The zero-order chi connectivity index (χ0) is 34.4. The molecular weight excluding hydrogens is 606 g/mol. The number of aliphatic hydroxyl groups is 1. The SMILES string of the molecule is CN(C)CC(=O)N[C@H](C(=O)N[C@@H](Cc1ccccc1)[C@H](O)CN1C[C@H]2CCCC[C@H]2C[C@H]1C(=O)NC(C)(C)C)C(C)(C)S(C)(=O)=O. The molecule has 2 fully saturated rings. The topological polar surface area (TPSA) is 148 Å². The molecular formula is C34H57N5O6S. The molecule has 0 bridgehead atoms. The number of sulfone groups is 1. The number of hydrogen-bond acceptors (Lipinski definition) is 8. The van der Waals surface area contributed by atoms with Gasteiger partial charge in [-0.2, -0.15) is 0 Å². The second-order valence-electron chi connectivity index (χ2n) is 15.2. The molecule has 0 radical (unpaired) electrons. The minimum Gasteiger partial charge on any atom is -0.390 e. The number of likely N-dealkylation sites (tertiary alicyclic amines) is 1. The number of β-amino-alcohol motifs (C(OH)–C–C–N with tert-alkyl or cyclic N) is 1. The molecule has 1 aromatic rings. The van der Waals surface area contributed by atoms with Gasteiger partial charge in [0.2, 0.25) is 17.7 Å². The Hall–Kier alpha value is -2.54. The number of nitrogens with one attached hydrogen (secondary N) is 3. The first kappa shape index (κ1) is 37.9. The van der Waals surface area contributed by atoms with Crippen molar-refractivity contribution >= 4 is 27.6 Å². The van der Waals surface area contributed by atoms with E-state index in [1.807, 2.05) is 51.1 Å². The highest BCUT2D eigenvalue weighted by molar-refractivity contribution is 7.92. The van der Waals surface area contributed by atoms with Gasteiger partial charge in [-0.1, -0.05) is 49.6 Å². The molecule has 6 atom stereocenters. The van der Waals surface area contributed by atoms with Gasteiger partial charge in [-0.15, -0.1) is 0 Å². The Kier molecular flexibility index (Phi) is 12.8. The molecule has 1 heterocycles. The van der Waals surface area contributed by atoms with Crippen LogP contribution in [0.5, 0.6) is 0 Å². The van der Waals surface area contributed by atoms with Crippen LogP contribution < -0.4 is 16.0 Å². The molecule has 1 aliphatic carbocycles. The maximum Gasteiger partial charge on any atom is 0.244 e. The van der Waals surface area contributed by atoms with E-state index in [1.54, 1.807) is 19.0 Å². The summed E-state index contributed by atoms with van der Waals surface area (Å²) in [6.07, 6.45) is 5.45. The molecule has 0 unspecified atom stereocenters. The summed E-state index contributed by atoms with van der Waals surface area (Å²) in [5.41, 5.74) is 0.461. The van der Waals surface area contributed by atoms with Crippen LogP contribution in [0.4, 0.5) is 0 Å². The van der Waals surface area contributed by atoms with Crippen LogP contribution in [0.2, 0.25) is 0 Å². The molecule has 11 nitrogen and oxygen atoms in total. The van der Waals surface area contributed by atoms with Crippen molar-refractivity contribution in [2.45, 2.75) is 108 Å². The lowest BCUT2D eigenvalue weighted by atomic mass is 9.72. The summed E-state index contributed by atoms with van der Waals surface area (Å²) in [6.45, 7) is 9.48. The normalized spacial score (nSPS) is 23.1. The minimum atomic E-state index is -3.81. The lowest BCUT2D eigenvalue weighted by Gasteiger charge is -2.47. The first-order valence-corrected chi connectivity index (χ1v) is 18.4. The Balaban J connectivity index is 1.92. The molecule has 0 aromatic heterocycles. The number of aliphatic hydroxyl groups excluding tert-OH is 1. The number of piperidine rings is 1. The molecule has 4 N–H and O–H groups in total. The minimum absolute atomic E-state index is 0.0329.